The molecule has 10 heteroatoms. The van der Waals surface area contributed by atoms with Crippen molar-refractivity contribution >= 4 is 38.4 Å². The number of ether oxygens (including phenoxy) is 1. The SMILES string of the molecule is Cc1cc(C(=O)NS(C)(=O)=O)c(F)cc1-c1cnc(OCc2cccc3ncccc23)c(Cl)c1. The van der Waals surface area contributed by atoms with E-state index in [1.807, 2.05) is 30.3 Å². The maximum absolute atomic E-state index is 14.6. The van der Waals surface area contributed by atoms with E-state index in [4.69, 9.17) is 16.3 Å². The van der Waals surface area contributed by atoms with Crippen LogP contribution in [0.4, 0.5) is 4.39 Å². The third kappa shape index (κ3) is 5.16. The number of carbonyl (C=O) groups excluding carboxylic acids is 1. The van der Waals surface area contributed by atoms with Gasteiger partial charge in [-0.1, -0.05) is 29.8 Å². The second-order valence-electron chi connectivity index (χ2n) is 7.64. The molecule has 2 aromatic heterocycles. The highest BCUT2D eigenvalue weighted by Gasteiger charge is 2.19. The van der Waals surface area contributed by atoms with Crippen LogP contribution in [-0.4, -0.2) is 30.5 Å². The Kier molecular flexibility index (Phi) is 6.49. The van der Waals surface area contributed by atoms with E-state index in [1.165, 1.54) is 12.3 Å². The number of amides is 1. The van der Waals surface area contributed by atoms with Crippen LogP contribution in [0.2, 0.25) is 5.02 Å². The first-order valence-electron chi connectivity index (χ1n) is 10.1. The molecule has 174 valence electrons. The highest BCUT2D eigenvalue weighted by atomic mass is 35.5. The van der Waals surface area contributed by atoms with E-state index in [2.05, 4.69) is 9.97 Å². The maximum Gasteiger partial charge on any atom is 0.267 e. The summed E-state index contributed by atoms with van der Waals surface area (Å²) in [6.45, 7) is 1.89. The Hall–Kier alpha value is -3.56. The van der Waals surface area contributed by atoms with Gasteiger partial charge in [-0.05, 0) is 53.9 Å². The standard InChI is InChI=1S/C24H19ClFN3O4S/c1-14-9-19(23(30)29-34(2,31)32)21(26)11-18(14)16-10-20(25)24(28-12-16)33-13-15-5-3-7-22-17(15)6-4-8-27-22/h3-12H,13H2,1-2H3,(H,29,30). The summed E-state index contributed by atoms with van der Waals surface area (Å²) in [5.41, 5.74) is 2.90. The highest BCUT2D eigenvalue weighted by molar-refractivity contribution is 7.89. The third-order valence-electron chi connectivity index (χ3n) is 5.06. The van der Waals surface area contributed by atoms with E-state index in [0.29, 0.717) is 16.7 Å². The van der Waals surface area contributed by atoms with Crippen LogP contribution < -0.4 is 9.46 Å². The number of halogens is 2. The minimum atomic E-state index is -3.82. The average molecular weight is 500 g/mol. The van der Waals surface area contributed by atoms with Crippen molar-refractivity contribution in [3.8, 4) is 17.0 Å². The van der Waals surface area contributed by atoms with E-state index in [9.17, 15) is 17.6 Å². The monoisotopic (exact) mass is 499 g/mol. The van der Waals surface area contributed by atoms with E-state index in [1.54, 1.807) is 23.9 Å². The molecule has 4 aromatic rings. The number of nitrogens with one attached hydrogen (secondary N) is 1. The molecule has 2 aromatic carbocycles. The normalized spacial score (nSPS) is 11.4. The zero-order valence-corrected chi connectivity index (χ0v) is 19.7. The molecular weight excluding hydrogens is 481 g/mol. The molecule has 0 radical (unpaired) electrons. The number of hydrogen-bond donors (Lipinski definition) is 1. The van der Waals surface area contributed by atoms with Gasteiger partial charge in [0.25, 0.3) is 5.91 Å². The second-order valence-corrected chi connectivity index (χ2v) is 9.79. The first-order valence-corrected chi connectivity index (χ1v) is 12.3. The summed E-state index contributed by atoms with van der Waals surface area (Å²) < 4.78 is 44.8. The predicted molar refractivity (Wildman–Crippen MR) is 128 cm³/mol. The fourth-order valence-electron chi connectivity index (χ4n) is 3.51. The Morgan fingerprint density at radius 3 is 2.68 bits per heavy atom. The Morgan fingerprint density at radius 2 is 1.94 bits per heavy atom. The van der Waals surface area contributed by atoms with Gasteiger partial charge >= 0.3 is 0 Å². The van der Waals surface area contributed by atoms with Crippen molar-refractivity contribution in [3.63, 3.8) is 0 Å². The Balaban J connectivity index is 1.57. The van der Waals surface area contributed by atoms with Gasteiger partial charge in [-0.25, -0.2) is 22.5 Å². The largest absolute Gasteiger partial charge is 0.472 e. The van der Waals surface area contributed by atoms with Gasteiger partial charge in [0.15, 0.2) is 0 Å². The van der Waals surface area contributed by atoms with Gasteiger partial charge in [-0.3, -0.25) is 9.78 Å². The number of benzene rings is 2. The van der Waals surface area contributed by atoms with Crippen LogP contribution in [0.25, 0.3) is 22.0 Å². The summed E-state index contributed by atoms with van der Waals surface area (Å²) in [5.74, 6) is -1.70. The van der Waals surface area contributed by atoms with Crippen LogP contribution in [0, 0.1) is 12.7 Å². The molecule has 1 N–H and O–H groups in total. The molecule has 0 aliphatic carbocycles. The predicted octanol–water partition coefficient (Wildman–Crippen LogP) is 4.67. The summed E-state index contributed by atoms with van der Waals surface area (Å²) >= 11 is 6.39. The van der Waals surface area contributed by atoms with Crippen molar-refractivity contribution in [2.75, 3.05) is 6.26 Å². The molecule has 0 saturated heterocycles. The number of nitrogens with zero attached hydrogens (tertiary/aromatic N) is 2. The van der Waals surface area contributed by atoms with Crippen LogP contribution >= 0.6 is 11.6 Å². The quantitative estimate of drug-likeness (QED) is 0.414. The molecule has 0 aliphatic heterocycles. The lowest BCUT2D eigenvalue weighted by Crippen LogP contribution is -2.30. The summed E-state index contributed by atoms with van der Waals surface area (Å²) in [7, 11) is -3.82. The van der Waals surface area contributed by atoms with Crippen LogP contribution in [0.5, 0.6) is 5.88 Å². The Morgan fingerprint density at radius 1 is 1.15 bits per heavy atom. The van der Waals surface area contributed by atoms with Gasteiger partial charge in [-0.15, -0.1) is 0 Å². The molecule has 4 rings (SSSR count). The van der Waals surface area contributed by atoms with Gasteiger partial charge in [-0.2, -0.15) is 0 Å². The van der Waals surface area contributed by atoms with E-state index < -0.39 is 21.7 Å². The van der Waals surface area contributed by atoms with Gasteiger partial charge in [0, 0.05) is 23.3 Å². The van der Waals surface area contributed by atoms with Crippen molar-refractivity contribution in [2.45, 2.75) is 13.5 Å². The molecular formula is C24H19ClFN3O4S. The van der Waals surface area contributed by atoms with Crippen molar-refractivity contribution in [1.29, 1.82) is 0 Å². The van der Waals surface area contributed by atoms with Crippen LogP contribution in [-0.2, 0) is 16.6 Å². The summed E-state index contributed by atoms with van der Waals surface area (Å²) in [4.78, 5) is 20.7. The lowest BCUT2D eigenvalue weighted by molar-refractivity contribution is 0.0977. The molecule has 0 unspecified atom stereocenters. The van der Waals surface area contributed by atoms with Gasteiger partial charge in [0.05, 0.1) is 17.3 Å². The number of aromatic nitrogens is 2. The molecule has 2 heterocycles. The third-order valence-corrected chi connectivity index (χ3v) is 5.88. The topological polar surface area (TPSA) is 98.2 Å². The van der Waals surface area contributed by atoms with Crippen molar-refractivity contribution in [2.24, 2.45) is 0 Å². The first kappa shape index (κ1) is 23.6. The van der Waals surface area contributed by atoms with Crippen molar-refractivity contribution < 1.29 is 22.3 Å². The molecule has 0 bridgehead atoms. The summed E-state index contributed by atoms with van der Waals surface area (Å²) in [6.07, 6.45) is 4.03. The molecule has 1 amide bonds. The number of hydrogen-bond acceptors (Lipinski definition) is 6. The molecule has 0 fully saturated rings. The smallest absolute Gasteiger partial charge is 0.267 e. The fourth-order valence-corrected chi connectivity index (χ4v) is 4.18. The number of carbonyl (C=O) groups is 1. The number of rotatable bonds is 6. The second kappa shape index (κ2) is 9.36. The minimum absolute atomic E-state index is 0.216. The van der Waals surface area contributed by atoms with Crippen LogP contribution in [0.15, 0.2) is 60.9 Å². The van der Waals surface area contributed by atoms with Crippen LogP contribution in [0.3, 0.4) is 0 Å². The number of fused-ring (bicyclic) bond motifs is 1. The van der Waals surface area contributed by atoms with E-state index >= 15 is 0 Å². The molecule has 0 saturated carbocycles. The molecule has 0 spiro atoms. The first-order chi connectivity index (χ1) is 16.1. The Labute approximate surface area is 200 Å². The Bertz CT molecular complexity index is 1520. The highest BCUT2D eigenvalue weighted by Crippen LogP contribution is 2.32. The van der Waals surface area contributed by atoms with Gasteiger partial charge in [0.2, 0.25) is 15.9 Å². The average Bonchev–Trinajstić information content (AvgIpc) is 2.78. The lowest BCUT2D eigenvalue weighted by Gasteiger charge is -2.13. The summed E-state index contributed by atoms with van der Waals surface area (Å²) in [5, 5.41) is 1.19. The molecule has 7 nitrogen and oxygen atoms in total. The maximum atomic E-state index is 14.6. The summed E-state index contributed by atoms with van der Waals surface area (Å²) in [6, 6.07) is 13.5. The van der Waals surface area contributed by atoms with Gasteiger partial charge in [0.1, 0.15) is 17.4 Å². The van der Waals surface area contributed by atoms with Crippen molar-refractivity contribution in [3.05, 3.63) is 88.5 Å². The number of pyridine rings is 2. The lowest BCUT2D eigenvalue weighted by atomic mass is 9.99. The zero-order valence-electron chi connectivity index (χ0n) is 18.2. The van der Waals surface area contributed by atoms with E-state index in [0.717, 1.165) is 28.8 Å². The molecule has 0 atom stereocenters. The van der Waals surface area contributed by atoms with Gasteiger partial charge < -0.3 is 4.74 Å². The van der Waals surface area contributed by atoms with E-state index in [-0.39, 0.29) is 23.1 Å². The zero-order chi connectivity index (χ0) is 24.5. The number of aryl methyl sites for hydroxylation is 1. The fraction of sp³-hybridized carbons (Fsp3) is 0.125. The molecule has 0 aliphatic rings. The van der Waals surface area contributed by atoms with Crippen LogP contribution in [0.1, 0.15) is 21.5 Å². The number of sulfonamides is 1. The van der Waals surface area contributed by atoms with Crippen molar-refractivity contribution in [1.82, 2.24) is 14.7 Å². The minimum Gasteiger partial charge on any atom is -0.472 e. The molecule has 34 heavy (non-hydrogen) atoms.